The molecule has 1 aromatic rings. The molecule has 114 valence electrons. The van der Waals surface area contributed by atoms with Crippen LogP contribution in [0.2, 0.25) is 0 Å². The lowest BCUT2D eigenvalue weighted by Gasteiger charge is -2.29. The number of aromatic nitrogens is 1. The number of aliphatic carboxylic acids is 1. The highest BCUT2D eigenvalue weighted by molar-refractivity contribution is 8.00. The molecule has 1 aromatic heterocycles. The summed E-state index contributed by atoms with van der Waals surface area (Å²) in [6.45, 7) is 3.80. The minimum absolute atomic E-state index is 0.0288. The maximum Gasteiger partial charge on any atom is 0.327 e. The van der Waals surface area contributed by atoms with E-state index in [1.165, 1.54) is 16.7 Å². The number of carboxylic acid groups (broad SMARTS) is 1. The molecule has 1 aliphatic heterocycles. The van der Waals surface area contributed by atoms with E-state index >= 15 is 0 Å². The van der Waals surface area contributed by atoms with E-state index in [4.69, 9.17) is 0 Å². The number of nitro groups is 1. The van der Waals surface area contributed by atoms with Crippen molar-refractivity contribution >= 4 is 29.3 Å². The minimum atomic E-state index is -1.07. The van der Waals surface area contributed by atoms with Crippen molar-refractivity contribution in [2.45, 2.75) is 25.3 Å². The Bertz CT molecular complexity index is 585. The first-order chi connectivity index (χ1) is 9.82. The van der Waals surface area contributed by atoms with Crippen molar-refractivity contribution in [3.05, 3.63) is 28.1 Å². The zero-order valence-electron chi connectivity index (χ0n) is 11.5. The Labute approximate surface area is 124 Å². The van der Waals surface area contributed by atoms with Gasteiger partial charge in [0.2, 0.25) is 0 Å². The number of aromatic amines is 1. The van der Waals surface area contributed by atoms with E-state index < -0.39 is 22.8 Å². The van der Waals surface area contributed by atoms with E-state index in [0.29, 0.717) is 5.75 Å². The van der Waals surface area contributed by atoms with Crippen LogP contribution in [0, 0.1) is 16.0 Å². The van der Waals surface area contributed by atoms with Crippen LogP contribution in [0.1, 0.15) is 24.3 Å². The van der Waals surface area contributed by atoms with Gasteiger partial charge < -0.3 is 15.0 Å². The van der Waals surface area contributed by atoms with Gasteiger partial charge in [0, 0.05) is 11.8 Å². The second-order valence-electron chi connectivity index (χ2n) is 5.06. The first kappa shape index (κ1) is 15.4. The van der Waals surface area contributed by atoms with Crippen molar-refractivity contribution in [3.8, 4) is 0 Å². The maximum atomic E-state index is 12.5. The molecule has 2 rings (SSSR count). The second-order valence-corrected chi connectivity index (χ2v) is 6.21. The summed E-state index contributed by atoms with van der Waals surface area (Å²) in [5.74, 6) is -1.21. The number of carbonyl (C=O) groups is 2. The molecule has 2 heterocycles. The van der Waals surface area contributed by atoms with Gasteiger partial charge in [0.15, 0.2) is 0 Å². The number of hydrogen-bond acceptors (Lipinski definition) is 5. The molecular formula is C12H15N3O5S. The molecule has 1 amide bonds. The van der Waals surface area contributed by atoms with Gasteiger partial charge in [-0.3, -0.25) is 14.9 Å². The van der Waals surface area contributed by atoms with Crippen LogP contribution in [0.15, 0.2) is 12.3 Å². The molecule has 0 bridgehead atoms. The molecular weight excluding hydrogens is 298 g/mol. The van der Waals surface area contributed by atoms with Crippen LogP contribution in [0.3, 0.4) is 0 Å². The molecule has 1 fully saturated rings. The van der Waals surface area contributed by atoms with Crippen molar-refractivity contribution in [1.29, 1.82) is 0 Å². The number of rotatable bonds is 4. The van der Waals surface area contributed by atoms with Gasteiger partial charge in [-0.2, -0.15) is 0 Å². The Morgan fingerprint density at radius 1 is 1.57 bits per heavy atom. The monoisotopic (exact) mass is 313 g/mol. The summed E-state index contributed by atoms with van der Waals surface area (Å²) < 4.78 is 0. The van der Waals surface area contributed by atoms with Crippen LogP contribution < -0.4 is 0 Å². The topological polar surface area (TPSA) is 117 Å². The first-order valence-electron chi connectivity index (χ1n) is 6.32. The van der Waals surface area contributed by atoms with E-state index in [1.54, 1.807) is 0 Å². The lowest BCUT2D eigenvalue weighted by atomic mass is 10.1. The van der Waals surface area contributed by atoms with Crippen LogP contribution >= 0.6 is 11.8 Å². The van der Waals surface area contributed by atoms with E-state index in [1.807, 2.05) is 13.8 Å². The van der Waals surface area contributed by atoms with E-state index in [0.717, 1.165) is 12.3 Å². The summed E-state index contributed by atoms with van der Waals surface area (Å²) in [5, 5.41) is 19.6. The van der Waals surface area contributed by atoms with Gasteiger partial charge in [-0.25, -0.2) is 4.79 Å². The average molecular weight is 313 g/mol. The van der Waals surface area contributed by atoms with Gasteiger partial charge in [-0.15, -0.1) is 11.8 Å². The lowest BCUT2D eigenvalue weighted by Crippen LogP contribution is -2.47. The maximum absolute atomic E-state index is 12.5. The minimum Gasteiger partial charge on any atom is -0.480 e. The van der Waals surface area contributed by atoms with Crippen LogP contribution in [0.25, 0.3) is 0 Å². The molecule has 0 aromatic carbocycles. The molecule has 0 spiro atoms. The third-order valence-electron chi connectivity index (χ3n) is 3.23. The Hall–Kier alpha value is -2.03. The Kier molecular flexibility index (Phi) is 4.21. The predicted molar refractivity (Wildman–Crippen MR) is 76.1 cm³/mol. The highest BCUT2D eigenvalue weighted by Gasteiger charge is 2.43. The fourth-order valence-corrected chi connectivity index (χ4v) is 3.71. The lowest BCUT2D eigenvalue weighted by molar-refractivity contribution is -0.384. The van der Waals surface area contributed by atoms with Crippen molar-refractivity contribution in [1.82, 2.24) is 9.88 Å². The second kappa shape index (κ2) is 5.76. The zero-order valence-corrected chi connectivity index (χ0v) is 12.3. The average Bonchev–Trinajstić information content (AvgIpc) is 3.04. The summed E-state index contributed by atoms with van der Waals surface area (Å²) in [7, 11) is 0. The SMILES string of the molecule is CC(C)C1SCC(C(=O)O)N1C(=O)c1cc([N+](=O)[O-])c[nH]1. The van der Waals surface area contributed by atoms with Crippen LogP contribution in [-0.4, -0.2) is 49.0 Å². The van der Waals surface area contributed by atoms with Crippen molar-refractivity contribution in [2.75, 3.05) is 5.75 Å². The number of hydrogen-bond donors (Lipinski definition) is 2. The largest absolute Gasteiger partial charge is 0.480 e. The number of carboxylic acids is 1. The van der Waals surface area contributed by atoms with E-state index in [9.17, 15) is 24.8 Å². The van der Waals surface area contributed by atoms with Crippen LogP contribution in [0.5, 0.6) is 0 Å². The van der Waals surface area contributed by atoms with Gasteiger partial charge >= 0.3 is 5.97 Å². The molecule has 21 heavy (non-hydrogen) atoms. The standard InChI is InChI=1S/C12H15N3O5S/c1-6(2)11-14(9(5-21-11)12(17)18)10(16)8-3-7(4-13-8)15(19)20/h3-4,6,9,11,13H,5H2,1-2H3,(H,17,18). The van der Waals surface area contributed by atoms with Crippen molar-refractivity contribution < 1.29 is 19.6 Å². The van der Waals surface area contributed by atoms with Gasteiger partial charge in [0.25, 0.3) is 11.6 Å². The molecule has 2 N–H and O–H groups in total. The molecule has 0 aliphatic carbocycles. The number of thioether (sulfide) groups is 1. The van der Waals surface area contributed by atoms with Crippen LogP contribution in [0.4, 0.5) is 5.69 Å². The van der Waals surface area contributed by atoms with Gasteiger partial charge in [-0.05, 0) is 5.92 Å². The highest BCUT2D eigenvalue weighted by atomic mass is 32.2. The Morgan fingerprint density at radius 2 is 2.24 bits per heavy atom. The molecule has 2 unspecified atom stereocenters. The van der Waals surface area contributed by atoms with E-state index in [-0.39, 0.29) is 22.7 Å². The van der Waals surface area contributed by atoms with E-state index in [2.05, 4.69) is 4.98 Å². The summed E-state index contributed by atoms with van der Waals surface area (Å²) >= 11 is 1.41. The molecule has 0 saturated carbocycles. The summed E-state index contributed by atoms with van der Waals surface area (Å²) in [5.41, 5.74) is -0.195. The fraction of sp³-hybridized carbons (Fsp3) is 0.500. The number of nitrogens with one attached hydrogen (secondary N) is 1. The fourth-order valence-electron chi connectivity index (χ4n) is 2.24. The molecule has 1 aliphatic rings. The number of H-pyrrole nitrogens is 1. The molecule has 8 nitrogen and oxygen atoms in total. The summed E-state index contributed by atoms with van der Waals surface area (Å²) in [6, 6.07) is 0.207. The Morgan fingerprint density at radius 3 is 2.71 bits per heavy atom. The predicted octanol–water partition coefficient (Wildman–Crippen LogP) is 1.55. The summed E-state index contributed by atoms with van der Waals surface area (Å²) in [6.07, 6.45) is 1.12. The third-order valence-corrected chi connectivity index (χ3v) is 4.85. The molecule has 0 radical (unpaired) electrons. The van der Waals surface area contributed by atoms with Gasteiger partial charge in [-0.1, -0.05) is 13.8 Å². The number of carbonyl (C=O) groups excluding carboxylic acids is 1. The molecule has 1 saturated heterocycles. The smallest absolute Gasteiger partial charge is 0.327 e. The summed E-state index contributed by atoms with van der Waals surface area (Å²) in [4.78, 5) is 37.7. The quantitative estimate of drug-likeness (QED) is 0.643. The Balaban J connectivity index is 2.31. The first-order valence-corrected chi connectivity index (χ1v) is 7.37. The molecule has 9 heteroatoms. The number of nitrogens with zero attached hydrogens (tertiary/aromatic N) is 2. The zero-order chi connectivity index (χ0) is 15.7. The normalized spacial score (nSPS) is 21.8. The number of amides is 1. The van der Waals surface area contributed by atoms with Gasteiger partial charge in [0.05, 0.1) is 16.5 Å². The van der Waals surface area contributed by atoms with Crippen molar-refractivity contribution in [3.63, 3.8) is 0 Å². The van der Waals surface area contributed by atoms with Crippen LogP contribution in [-0.2, 0) is 4.79 Å². The highest BCUT2D eigenvalue weighted by Crippen LogP contribution is 2.35. The van der Waals surface area contributed by atoms with Gasteiger partial charge in [0.1, 0.15) is 11.7 Å². The van der Waals surface area contributed by atoms with Crippen molar-refractivity contribution in [2.24, 2.45) is 5.92 Å². The third kappa shape index (κ3) is 2.87. The molecule has 2 atom stereocenters.